The molecule has 2 amide bonds. The summed E-state index contributed by atoms with van der Waals surface area (Å²) >= 11 is 3.72. The summed E-state index contributed by atoms with van der Waals surface area (Å²) < 4.78 is 7.26. The van der Waals surface area contributed by atoms with Gasteiger partial charge in [0.25, 0.3) is 5.91 Å². The van der Waals surface area contributed by atoms with Crippen LogP contribution in [0.2, 0.25) is 0 Å². The molecule has 3 atom stereocenters. The highest BCUT2D eigenvalue weighted by atomic mass is 79.9. The first kappa shape index (κ1) is 28.4. The number of aryl methyl sites for hydroxylation is 1. The standard InChI is InChI=1S/C31H34BrN5O5/c1-2-37-33-15-20(34-37)18-42-27-12-11-25(32)24-13-14-36(30(39)22-9-5-6-10-23(22)31(40)41)26(28(24)27)17-35-16-19-7-3-4-8-21(19)29(35)38/h3-4,7-8,11-12,15,22-23,26H,2,5-6,9-10,13-14,16-18H2,1H3,(H,40,41)/t22-,23+,26?/m1/s1. The van der Waals surface area contributed by atoms with E-state index in [0.29, 0.717) is 55.9 Å². The molecule has 42 heavy (non-hydrogen) atoms. The van der Waals surface area contributed by atoms with Crippen molar-refractivity contribution in [3.8, 4) is 5.75 Å². The van der Waals surface area contributed by atoms with E-state index in [1.54, 1.807) is 15.9 Å². The Hall–Kier alpha value is -3.73. The summed E-state index contributed by atoms with van der Waals surface area (Å²) in [6.07, 6.45) is 4.94. The number of carbonyl (C=O) groups is 3. The largest absolute Gasteiger partial charge is 0.487 e. The van der Waals surface area contributed by atoms with Crippen molar-refractivity contribution in [2.75, 3.05) is 13.1 Å². The molecular weight excluding hydrogens is 602 g/mol. The molecule has 0 radical (unpaired) electrons. The van der Waals surface area contributed by atoms with Gasteiger partial charge in [0, 0.05) is 35.2 Å². The molecule has 1 saturated carbocycles. The van der Waals surface area contributed by atoms with Crippen LogP contribution in [0.15, 0.2) is 47.1 Å². The molecule has 2 aliphatic heterocycles. The van der Waals surface area contributed by atoms with Crippen LogP contribution < -0.4 is 4.74 Å². The Morgan fingerprint density at radius 1 is 1.12 bits per heavy atom. The monoisotopic (exact) mass is 635 g/mol. The lowest BCUT2D eigenvalue weighted by Gasteiger charge is -2.43. The van der Waals surface area contributed by atoms with Gasteiger partial charge in [0.1, 0.15) is 18.1 Å². The molecule has 11 heteroatoms. The number of hydrogen-bond donors (Lipinski definition) is 1. The lowest BCUT2D eigenvalue weighted by atomic mass is 9.77. The van der Waals surface area contributed by atoms with Crippen LogP contribution in [-0.2, 0) is 35.7 Å². The number of fused-ring (bicyclic) bond motifs is 2. The topological polar surface area (TPSA) is 118 Å². The average molecular weight is 637 g/mol. The molecular formula is C31H34BrN5O5. The highest BCUT2D eigenvalue weighted by molar-refractivity contribution is 9.10. The Labute approximate surface area is 252 Å². The number of nitrogens with zero attached hydrogens (tertiary/aromatic N) is 5. The Morgan fingerprint density at radius 3 is 2.64 bits per heavy atom. The van der Waals surface area contributed by atoms with E-state index < -0.39 is 23.8 Å². The van der Waals surface area contributed by atoms with Crippen molar-refractivity contribution in [3.05, 3.63) is 75.0 Å². The number of aliphatic carboxylic acids is 1. The first-order valence-corrected chi connectivity index (χ1v) is 15.4. The fourth-order valence-corrected chi connectivity index (χ4v) is 7.21. The minimum absolute atomic E-state index is 0.0696. The summed E-state index contributed by atoms with van der Waals surface area (Å²) in [5, 5.41) is 18.6. The summed E-state index contributed by atoms with van der Waals surface area (Å²) in [6.45, 7) is 3.97. The van der Waals surface area contributed by atoms with Crippen molar-refractivity contribution in [1.29, 1.82) is 0 Å². The minimum Gasteiger partial charge on any atom is -0.487 e. The van der Waals surface area contributed by atoms with E-state index >= 15 is 0 Å². The summed E-state index contributed by atoms with van der Waals surface area (Å²) in [5.74, 6) is -1.82. The number of benzene rings is 2. The van der Waals surface area contributed by atoms with E-state index in [0.717, 1.165) is 34.0 Å². The first-order valence-electron chi connectivity index (χ1n) is 14.6. The van der Waals surface area contributed by atoms with E-state index in [4.69, 9.17) is 4.74 Å². The van der Waals surface area contributed by atoms with Gasteiger partial charge in [-0.15, -0.1) is 0 Å². The van der Waals surface area contributed by atoms with Gasteiger partial charge in [-0.05, 0) is 55.5 Å². The maximum absolute atomic E-state index is 14.3. The highest BCUT2D eigenvalue weighted by Gasteiger charge is 2.44. The van der Waals surface area contributed by atoms with Crippen LogP contribution in [-0.4, -0.2) is 60.8 Å². The van der Waals surface area contributed by atoms with Crippen LogP contribution in [0.25, 0.3) is 0 Å². The molecule has 0 saturated heterocycles. The molecule has 1 unspecified atom stereocenters. The second-order valence-corrected chi connectivity index (χ2v) is 12.1. The van der Waals surface area contributed by atoms with E-state index in [9.17, 15) is 19.5 Å². The average Bonchev–Trinajstić information content (AvgIpc) is 3.60. The van der Waals surface area contributed by atoms with Crippen LogP contribution >= 0.6 is 15.9 Å². The van der Waals surface area contributed by atoms with E-state index in [-0.39, 0.29) is 25.0 Å². The third-order valence-corrected chi connectivity index (χ3v) is 9.53. The zero-order valence-corrected chi connectivity index (χ0v) is 25.1. The Morgan fingerprint density at radius 2 is 1.90 bits per heavy atom. The Bertz CT molecular complexity index is 1520. The Balaban J connectivity index is 1.37. The molecule has 3 aliphatic rings. The van der Waals surface area contributed by atoms with Gasteiger partial charge in [0.15, 0.2) is 0 Å². The maximum Gasteiger partial charge on any atom is 0.307 e. The van der Waals surface area contributed by atoms with E-state index in [1.807, 2.05) is 48.2 Å². The van der Waals surface area contributed by atoms with Gasteiger partial charge in [-0.1, -0.05) is 47.0 Å². The van der Waals surface area contributed by atoms with Crippen molar-refractivity contribution in [3.63, 3.8) is 0 Å². The van der Waals surface area contributed by atoms with Crippen molar-refractivity contribution >= 4 is 33.7 Å². The zero-order chi connectivity index (χ0) is 29.4. The van der Waals surface area contributed by atoms with E-state index in [1.165, 1.54) is 0 Å². The van der Waals surface area contributed by atoms with Gasteiger partial charge in [-0.2, -0.15) is 15.0 Å². The SMILES string of the molecule is CCn1ncc(COc2ccc(Br)c3c2C(CN2Cc4ccccc4C2=O)N(C(=O)[C@@H]2CCCC[C@@H]2C(=O)O)CC3)n1. The molecule has 2 aromatic carbocycles. The molecule has 1 fully saturated rings. The van der Waals surface area contributed by atoms with Gasteiger partial charge in [-0.25, -0.2) is 0 Å². The quantitative estimate of drug-likeness (QED) is 0.384. The van der Waals surface area contributed by atoms with Crippen molar-refractivity contribution in [2.45, 2.75) is 64.8 Å². The summed E-state index contributed by atoms with van der Waals surface area (Å²) in [6, 6.07) is 10.9. The molecule has 1 aliphatic carbocycles. The van der Waals surface area contributed by atoms with Gasteiger partial charge < -0.3 is 19.6 Å². The van der Waals surface area contributed by atoms with Crippen molar-refractivity contribution in [2.24, 2.45) is 11.8 Å². The normalized spacial score (nSPS) is 21.7. The Kier molecular flexibility index (Phi) is 8.02. The smallest absolute Gasteiger partial charge is 0.307 e. The maximum atomic E-state index is 14.3. The van der Waals surface area contributed by atoms with Gasteiger partial charge in [0.05, 0.1) is 30.6 Å². The van der Waals surface area contributed by atoms with Crippen molar-refractivity contribution in [1.82, 2.24) is 24.8 Å². The molecule has 0 spiro atoms. The van der Waals surface area contributed by atoms with Gasteiger partial charge in [-0.3, -0.25) is 14.4 Å². The third-order valence-electron chi connectivity index (χ3n) is 8.79. The molecule has 220 valence electrons. The number of carboxylic acids is 1. The summed E-state index contributed by atoms with van der Waals surface area (Å²) in [7, 11) is 0. The number of hydrogen-bond acceptors (Lipinski definition) is 6. The third kappa shape index (κ3) is 5.30. The zero-order valence-electron chi connectivity index (χ0n) is 23.5. The van der Waals surface area contributed by atoms with Gasteiger partial charge >= 0.3 is 5.97 Å². The van der Waals surface area contributed by atoms with Crippen LogP contribution in [0, 0.1) is 11.8 Å². The first-order chi connectivity index (χ1) is 20.4. The van der Waals surface area contributed by atoms with Crippen LogP contribution in [0.4, 0.5) is 0 Å². The fourth-order valence-electron chi connectivity index (χ4n) is 6.67. The molecule has 1 aromatic heterocycles. The molecule has 0 bridgehead atoms. The molecule has 3 heterocycles. The highest BCUT2D eigenvalue weighted by Crippen LogP contribution is 2.43. The predicted molar refractivity (Wildman–Crippen MR) is 157 cm³/mol. The number of rotatable bonds is 8. The second-order valence-electron chi connectivity index (χ2n) is 11.2. The van der Waals surface area contributed by atoms with Crippen molar-refractivity contribution < 1.29 is 24.2 Å². The lowest BCUT2D eigenvalue weighted by Crippen LogP contribution is -2.50. The number of aromatic nitrogens is 3. The minimum atomic E-state index is -0.918. The lowest BCUT2D eigenvalue weighted by molar-refractivity contribution is -0.153. The second kappa shape index (κ2) is 11.9. The van der Waals surface area contributed by atoms with Gasteiger partial charge in [0.2, 0.25) is 5.91 Å². The molecule has 1 N–H and O–H groups in total. The van der Waals surface area contributed by atoms with Crippen LogP contribution in [0.1, 0.15) is 71.4 Å². The number of carbonyl (C=O) groups excluding carboxylic acids is 2. The molecule has 10 nitrogen and oxygen atoms in total. The summed E-state index contributed by atoms with van der Waals surface area (Å²) in [5.41, 5.74) is 4.19. The number of halogens is 1. The van der Waals surface area contributed by atoms with Crippen LogP contribution in [0.3, 0.4) is 0 Å². The van der Waals surface area contributed by atoms with E-state index in [2.05, 4.69) is 26.1 Å². The molecule has 3 aromatic rings. The molecule has 6 rings (SSSR count). The summed E-state index contributed by atoms with van der Waals surface area (Å²) in [4.78, 5) is 45.1. The fraction of sp³-hybridized carbons (Fsp3) is 0.452. The number of carboxylic acid groups (broad SMARTS) is 1. The number of ether oxygens (including phenoxy) is 1. The number of amides is 2. The van der Waals surface area contributed by atoms with Crippen LogP contribution in [0.5, 0.6) is 5.75 Å². The predicted octanol–water partition coefficient (Wildman–Crippen LogP) is 4.61.